The highest BCUT2D eigenvalue weighted by Crippen LogP contribution is 2.50. The van der Waals surface area contributed by atoms with Crippen molar-refractivity contribution in [2.75, 3.05) is 6.61 Å². The van der Waals surface area contributed by atoms with E-state index in [0.717, 1.165) is 19.3 Å². The topological polar surface area (TPSA) is 69.9 Å². The maximum absolute atomic E-state index is 9.77. The number of unbranched alkanes of at least 4 members (excludes halogenated alkanes) is 1. The highest BCUT2D eigenvalue weighted by Gasteiger charge is 2.58. The van der Waals surface area contributed by atoms with Crippen LogP contribution in [0.4, 0.5) is 0 Å². The number of ether oxygens (including phenoxy) is 1. The van der Waals surface area contributed by atoms with Crippen molar-refractivity contribution in [2.24, 2.45) is 11.8 Å². The molecule has 0 heterocycles. The van der Waals surface area contributed by atoms with Crippen molar-refractivity contribution in [1.82, 2.24) is 0 Å². The van der Waals surface area contributed by atoms with Gasteiger partial charge in [0.15, 0.2) is 0 Å². The van der Waals surface area contributed by atoms with E-state index in [9.17, 15) is 15.3 Å². The SMILES string of the molecule is CCCCO[C@H]1[C@H](O)[C@@H](O)[C@H](O)[C@H]2C[C@H]21. The molecule has 6 atom stereocenters. The minimum atomic E-state index is -1.04. The molecule has 3 N–H and O–H groups in total. The summed E-state index contributed by atoms with van der Waals surface area (Å²) in [6, 6.07) is 0. The van der Waals surface area contributed by atoms with Crippen molar-refractivity contribution in [3.63, 3.8) is 0 Å². The van der Waals surface area contributed by atoms with Crippen molar-refractivity contribution in [3.05, 3.63) is 0 Å². The van der Waals surface area contributed by atoms with Crippen molar-refractivity contribution < 1.29 is 20.1 Å². The van der Waals surface area contributed by atoms with Crippen LogP contribution in [0.3, 0.4) is 0 Å². The Morgan fingerprint density at radius 2 is 1.80 bits per heavy atom. The summed E-state index contributed by atoms with van der Waals surface area (Å²) in [4.78, 5) is 0. The second-order valence-corrected chi connectivity index (χ2v) is 4.72. The third-order valence-electron chi connectivity index (χ3n) is 3.60. The van der Waals surface area contributed by atoms with Gasteiger partial charge in [-0.15, -0.1) is 0 Å². The Balaban J connectivity index is 1.89. The third-order valence-corrected chi connectivity index (χ3v) is 3.60. The average molecular weight is 216 g/mol. The van der Waals surface area contributed by atoms with Crippen LogP contribution in [0.15, 0.2) is 0 Å². The molecular weight excluding hydrogens is 196 g/mol. The molecule has 15 heavy (non-hydrogen) atoms. The van der Waals surface area contributed by atoms with E-state index < -0.39 is 18.3 Å². The van der Waals surface area contributed by atoms with Gasteiger partial charge in [-0.1, -0.05) is 13.3 Å². The maximum Gasteiger partial charge on any atom is 0.109 e. The summed E-state index contributed by atoms with van der Waals surface area (Å²) in [6.07, 6.45) is -0.120. The van der Waals surface area contributed by atoms with Crippen LogP contribution in [0.25, 0.3) is 0 Å². The molecule has 88 valence electrons. The first kappa shape index (κ1) is 11.3. The quantitative estimate of drug-likeness (QED) is 0.574. The summed E-state index contributed by atoms with van der Waals surface area (Å²) in [5.74, 6) is 0.380. The first-order valence-corrected chi connectivity index (χ1v) is 5.82. The fourth-order valence-electron chi connectivity index (χ4n) is 2.49. The Morgan fingerprint density at radius 3 is 2.47 bits per heavy atom. The van der Waals surface area contributed by atoms with Gasteiger partial charge in [-0.2, -0.15) is 0 Å². The lowest BCUT2D eigenvalue weighted by molar-refractivity contribution is -0.157. The van der Waals surface area contributed by atoms with E-state index in [-0.39, 0.29) is 17.9 Å². The third kappa shape index (κ3) is 2.04. The molecule has 4 nitrogen and oxygen atoms in total. The fourth-order valence-corrected chi connectivity index (χ4v) is 2.49. The fraction of sp³-hybridized carbons (Fsp3) is 1.00. The summed E-state index contributed by atoms with van der Waals surface area (Å²) in [7, 11) is 0. The van der Waals surface area contributed by atoms with E-state index in [2.05, 4.69) is 6.92 Å². The molecule has 2 rings (SSSR count). The van der Waals surface area contributed by atoms with Crippen molar-refractivity contribution >= 4 is 0 Å². The molecule has 0 bridgehead atoms. The van der Waals surface area contributed by atoms with Crippen LogP contribution in [0.5, 0.6) is 0 Å². The van der Waals surface area contributed by atoms with E-state index >= 15 is 0 Å². The lowest BCUT2D eigenvalue weighted by Crippen LogP contribution is -2.51. The minimum Gasteiger partial charge on any atom is -0.390 e. The summed E-state index contributed by atoms with van der Waals surface area (Å²) < 4.78 is 5.59. The Kier molecular flexibility index (Phi) is 3.30. The number of fused-ring (bicyclic) bond motifs is 1. The smallest absolute Gasteiger partial charge is 0.109 e. The minimum absolute atomic E-state index is 0.134. The standard InChI is InChI=1S/C11H20O4/c1-2-3-4-15-11-7-5-6(7)8(12)9(13)10(11)14/h6-14H,2-5H2,1H3/t6-,7+,8+,9-,10+,11+/m0/s1. The van der Waals surface area contributed by atoms with E-state index in [1.54, 1.807) is 0 Å². The molecule has 0 spiro atoms. The van der Waals surface area contributed by atoms with Gasteiger partial charge < -0.3 is 20.1 Å². The van der Waals surface area contributed by atoms with E-state index in [0.29, 0.717) is 6.61 Å². The average Bonchev–Trinajstić information content (AvgIpc) is 3.00. The Hall–Kier alpha value is -0.160. The van der Waals surface area contributed by atoms with E-state index in [1.807, 2.05) is 0 Å². The zero-order valence-electron chi connectivity index (χ0n) is 9.04. The van der Waals surface area contributed by atoms with Gasteiger partial charge in [0.1, 0.15) is 12.2 Å². The zero-order valence-corrected chi connectivity index (χ0v) is 9.04. The molecule has 0 unspecified atom stereocenters. The molecule has 0 aromatic carbocycles. The second-order valence-electron chi connectivity index (χ2n) is 4.72. The molecule has 2 fully saturated rings. The summed E-state index contributed by atoms with van der Waals surface area (Å²) in [6.45, 7) is 2.71. The molecule has 0 aromatic rings. The summed E-state index contributed by atoms with van der Waals surface area (Å²) in [5.41, 5.74) is 0. The largest absolute Gasteiger partial charge is 0.390 e. The molecule has 2 aliphatic rings. The van der Waals surface area contributed by atoms with Crippen LogP contribution >= 0.6 is 0 Å². The highest BCUT2D eigenvalue weighted by atomic mass is 16.5. The number of rotatable bonds is 4. The van der Waals surface area contributed by atoms with Crippen LogP contribution in [0.2, 0.25) is 0 Å². The van der Waals surface area contributed by atoms with Crippen molar-refractivity contribution in [1.29, 1.82) is 0 Å². The lowest BCUT2D eigenvalue weighted by Gasteiger charge is -2.34. The number of hydrogen-bond acceptors (Lipinski definition) is 4. The van der Waals surface area contributed by atoms with Crippen LogP contribution in [-0.4, -0.2) is 46.3 Å². The predicted molar refractivity (Wildman–Crippen MR) is 54.3 cm³/mol. The molecule has 2 aliphatic carbocycles. The van der Waals surface area contributed by atoms with Gasteiger partial charge in [-0.3, -0.25) is 0 Å². The molecule has 4 heteroatoms. The normalized spacial score (nSPS) is 48.8. The summed E-state index contributed by atoms with van der Waals surface area (Å²) >= 11 is 0. The number of aliphatic hydroxyl groups excluding tert-OH is 3. The first-order valence-electron chi connectivity index (χ1n) is 5.82. The Morgan fingerprint density at radius 1 is 1.07 bits per heavy atom. The maximum atomic E-state index is 9.77. The van der Waals surface area contributed by atoms with Crippen LogP contribution < -0.4 is 0 Å². The molecule has 0 aliphatic heterocycles. The molecular formula is C11H20O4. The van der Waals surface area contributed by atoms with Crippen LogP contribution in [0.1, 0.15) is 26.2 Å². The van der Waals surface area contributed by atoms with Gasteiger partial charge in [0.05, 0.1) is 12.2 Å². The molecule has 0 radical (unpaired) electrons. The van der Waals surface area contributed by atoms with Gasteiger partial charge in [0.25, 0.3) is 0 Å². The highest BCUT2D eigenvalue weighted by molar-refractivity contribution is 5.07. The second kappa shape index (κ2) is 4.37. The monoisotopic (exact) mass is 216 g/mol. The van der Waals surface area contributed by atoms with Gasteiger partial charge in [-0.25, -0.2) is 0 Å². The van der Waals surface area contributed by atoms with Gasteiger partial charge in [0, 0.05) is 6.61 Å². The summed E-state index contributed by atoms with van der Waals surface area (Å²) in [5, 5.41) is 28.9. The van der Waals surface area contributed by atoms with Crippen LogP contribution in [0, 0.1) is 11.8 Å². The van der Waals surface area contributed by atoms with Crippen molar-refractivity contribution in [3.8, 4) is 0 Å². The van der Waals surface area contributed by atoms with Crippen LogP contribution in [-0.2, 0) is 4.74 Å². The van der Waals surface area contributed by atoms with E-state index in [1.165, 1.54) is 0 Å². The Labute approximate surface area is 89.9 Å². The number of aliphatic hydroxyl groups is 3. The zero-order chi connectivity index (χ0) is 11.0. The van der Waals surface area contributed by atoms with Gasteiger partial charge in [-0.05, 0) is 24.7 Å². The first-order chi connectivity index (χ1) is 7.16. The molecule has 2 saturated carbocycles. The van der Waals surface area contributed by atoms with Gasteiger partial charge >= 0.3 is 0 Å². The number of hydrogen-bond donors (Lipinski definition) is 3. The van der Waals surface area contributed by atoms with Crippen molar-refractivity contribution in [2.45, 2.75) is 50.6 Å². The molecule has 0 aromatic heterocycles. The van der Waals surface area contributed by atoms with E-state index in [4.69, 9.17) is 4.74 Å². The molecule has 0 amide bonds. The Bertz CT molecular complexity index is 221. The molecule has 0 saturated heterocycles. The predicted octanol–water partition coefficient (Wildman–Crippen LogP) is -0.0959. The van der Waals surface area contributed by atoms with Gasteiger partial charge in [0.2, 0.25) is 0 Å². The lowest BCUT2D eigenvalue weighted by atomic mass is 9.89.